The zero-order valence-corrected chi connectivity index (χ0v) is 33.9. The lowest BCUT2D eigenvalue weighted by Crippen LogP contribution is -2.64. The summed E-state index contributed by atoms with van der Waals surface area (Å²) in [5, 5.41) is 4.28. The molecule has 0 saturated heterocycles. The molecule has 0 N–H and O–H groups in total. The fraction of sp³-hybridized carbons (Fsp3) is 0.151. The van der Waals surface area contributed by atoms with Gasteiger partial charge in [0.05, 0.1) is 22.1 Å². The molecule has 6 aromatic carbocycles. The highest BCUT2D eigenvalue weighted by Gasteiger charge is 2.63. The van der Waals surface area contributed by atoms with Gasteiger partial charge in [-0.25, -0.2) is 0 Å². The van der Waals surface area contributed by atoms with Gasteiger partial charge in [-0.3, -0.25) is 9.13 Å². The Kier molecular flexibility index (Phi) is 6.69. The molecular weight excluding hydrogens is 733 g/mol. The predicted molar refractivity (Wildman–Crippen MR) is 244 cm³/mol. The summed E-state index contributed by atoms with van der Waals surface area (Å²) < 4.78 is 11.4. The molecule has 286 valence electrons. The average molecular weight is 774 g/mol. The van der Waals surface area contributed by atoms with E-state index in [1.165, 1.54) is 27.6 Å². The van der Waals surface area contributed by atoms with Crippen molar-refractivity contribution in [1.82, 2.24) is 24.1 Å². The van der Waals surface area contributed by atoms with Crippen molar-refractivity contribution in [2.45, 2.75) is 38.4 Å². The Morgan fingerprint density at radius 1 is 0.567 bits per heavy atom. The predicted octanol–water partition coefficient (Wildman–Crippen LogP) is 10.7. The number of aromatic nitrogens is 5. The van der Waals surface area contributed by atoms with E-state index in [9.17, 15) is 0 Å². The molecule has 0 bridgehead atoms. The van der Waals surface area contributed by atoms with Crippen LogP contribution in [-0.4, -0.2) is 30.8 Å². The molecule has 60 heavy (non-hydrogen) atoms. The molecule has 6 nitrogen and oxygen atoms in total. The van der Waals surface area contributed by atoms with E-state index in [1.54, 1.807) is 0 Å². The van der Waals surface area contributed by atoms with Crippen LogP contribution in [0, 0.1) is 11.8 Å². The Labute approximate surface area is 348 Å². The van der Waals surface area contributed by atoms with Crippen LogP contribution in [-0.2, 0) is 5.41 Å². The molecule has 0 spiro atoms. The molecule has 4 aliphatic rings. The SMILES string of the molecule is CC1C=C2Oc3ccccc3B3c4ccccc4C4(C)C=C(c5nc(-n6c7ccccc7c7ccccc76)nc(-n6c7ccccc7c7ccccc76)n5)C(C)C1=C4C32C. The summed E-state index contributed by atoms with van der Waals surface area (Å²) in [6.07, 6.45) is 4.91. The number of allylic oxidation sites excluding steroid dienone is 5. The quantitative estimate of drug-likeness (QED) is 0.133. The minimum absolute atomic E-state index is 0.0141. The van der Waals surface area contributed by atoms with Crippen LogP contribution in [0.5, 0.6) is 5.75 Å². The molecule has 0 radical (unpaired) electrons. The van der Waals surface area contributed by atoms with Crippen molar-refractivity contribution in [3.8, 4) is 17.6 Å². The molecule has 0 amide bonds. The van der Waals surface area contributed by atoms with E-state index < -0.39 is 5.41 Å². The Bertz CT molecular complexity index is 3220. The third kappa shape index (κ3) is 4.21. The van der Waals surface area contributed by atoms with Gasteiger partial charge in [-0.2, -0.15) is 15.0 Å². The Morgan fingerprint density at radius 2 is 1.05 bits per heavy atom. The van der Waals surface area contributed by atoms with Crippen molar-refractivity contribution in [1.29, 1.82) is 0 Å². The fourth-order valence-corrected chi connectivity index (χ4v) is 12.1. The van der Waals surface area contributed by atoms with Crippen LogP contribution in [0.3, 0.4) is 0 Å². The minimum Gasteiger partial charge on any atom is -0.462 e. The number of nitrogens with zero attached hydrogens (tertiary/aromatic N) is 5. The van der Waals surface area contributed by atoms with E-state index in [1.807, 2.05) is 0 Å². The van der Waals surface area contributed by atoms with Gasteiger partial charge in [0.15, 0.2) is 5.82 Å². The average Bonchev–Trinajstić information content (AvgIpc) is 3.80. The van der Waals surface area contributed by atoms with Gasteiger partial charge in [0.1, 0.15) is 11.5 Å². The molecule has 9 aromatic rings. The van der Waals surface area contributed by atoms with Gasteiger partial charge in [0, 0.05) is 43.8 Å². The van der Waals surface area contributed by atoms with Crippen LogP contribution in [0.15, 0.2) is 175 Å². The van der Waals surface area contributed by atoms with E-state index in [0.717, 1.165) is 60.7 Å². The number of hydrogen-bond acceptors (Lipinski definition) is 4. The summed E-state index contributed by atoms with van der Waals surface area (Å²) in [6.45, 7) is 9.69. The second-order valence-electron chi connectivity index (χ2n) is 17.5. The Hall–Kier alpha value is -6.99. The van der Waals surface area contributed by atoms with E-state index in [2.05, 4.69) is 195 Å². The topological polar surface area (TPSA) is 57.8 Å². The fourth-order valence-electron chi connectivity index (χ4n) is 12.1. The Morgan fingerprint density at radius 3 is 1.62 bits per heavy atom. The zero-order chi connectivity index (χ0) is 40.1. The molecule has 7 heteroatoms. The van der Waals surface area contributed by atoms with Crippen LogP contribution in [0.2, 0.25) is 5.31 Å². The van der Waals surface area contributed by atoms with E-state index in [4.69, 9.17) is 19.7 Å². The molecule has 13 rings (SSSR count). The van der Waals surface area contributed by atoms with Gasteiger partial charge in [0.2, 0.25) is 18.6 Å². The lowest BCUT2D eigenvalue weighted by Gasteiger charge is -2.58. The van der Waals surface area contributed by atoms with Crippen molar-refractivity contribution in [3.05, 3.63) is 186 Å². The summed E-state index contributed by atoms with van der Waals surface area (Å²) in [5.74, 6) is 4.05. The number of hydrogen-bond donors (Lipinski definition) is 0. The van der Waals surface area contributed by atoms with Gasteiger partial charge in [-0.1, -0.05) is 153 Å². The maximum atomic E-state index is 6.94. The molecule has 2 aliphatic heterocycles. The van der Waals surface area contributed by atoms with Gasteiger partial charge < -0.3 is 4.74 Å². The van der Waals surface area contributed by atoms with Crippen molar-refractivity contribution in [2.75, 3.05) is 0 Å². The zero-order valence-electron chi connectivity index (χ0n) is 33.9. The lowest BCUT2D eigenvalue weighted by atomic mass is 9.19. The van der Waals surface area contributed by atoms with E-state index >= 15 is 0 Å². The van der Waals surface area contributed by atoms with Crippen LogP contribution in [0.25, 0.3) is 61.1 Å². The van der Waals surface area contributed by atoms with Crippen LogP contribution in [0.1, 0.15) is 39.1 Å². The smallest absolute Gasteiger partial charge is 0.240 e. The van der Waals surface area contributed by atoms with Crippen LogP contribution >= 0.6 is 0 Å². The number of ether oxygens (including phenoxy) is 1. The molecular formula is C53H40BN5O. The first-order valence-corrected chi connectivity index (χ1v) is 21.1. The maximum Gasteiger partial charge on any atom is 0.240 e. The molecule has 0 saturated carbocycles. The lowest BCUT2D eigenvalue weighted by molar-refractivity contribution is 0.341. The number of fused-ring (bicyclic) bond motifs is 11. The number of benzene rings is 6. The summed E-state index contributed by atoms with van der Waals surface area (Å²) in [7, 11) is 0. The Balaban J connectivity index is 1.12. The summed E-state index contributed by atoms with van der Waals surface area (Å²) in [4.78, 5) is 16.6. The second-order valence-corrected chi connectivity index (χ2v) is 17.5. The monoisotopic (exact) mass is 773 g/mol. The summed E-state index contributed by atoms with van der Waals surface area (Å²) in [5.41, 5.74) is 11.7. The highest BCUT2D eigenvalue weighted by atomic mass is 16.5. The van der Waals surface area contributed by atoms with Crippen molar-refractivity contribution in [2.24, 2.45) is 11.8 Å². The number of rotatable bonds is 3. The molecule has 3 aromatic heterocycles. The summed E-state index contributed by atoms with van der Waals surface area (Å²) >= 11 is 0. The van der Waals surface area contributed by atoms with Gasteiger partial charge in [-0.15, -0.1) is 0 Å². The molecule has 4 unspecified atom stereocenters. The van der Waals surface area contributed by atoms with Gasteiger partial charge >= 0.3 is 0 Å². The standard InChI is InChI=1S/C53H40BN5O/c1-31-29-46-53(4)48-47(31)32(2)37(30-52(48,3)38-21-9-10-22-39(38)54(53)40-23-11-16-28-45(40)60-46)49-55-50(58-41-24-12-5-17-33(41)34-18-6-13-25-42(34)58)57-51(56-49)59-43-26-14-7-19-35(43)36-20-8-15-27-44(36)59/h5-32H,1-4H3. The van der Waals surface area contributed by atoms with E-state index in [0.29, 0.717) is 17.7 Å². The van der Waals surface area contributed by atoms with Crippen molar-refractivity contribution in [3.63, 3.8) is 0 Å². The third-order valence-corrected chi connectivity index (χ3v) is 14.4. The highest BCUT2D eigenvalue weighted by molar-refractivity contribution is 6.90. The first kappa shape index (κ1) is 33.9. The minimum atomic E-state index is -0.463. The number of para-hydroxylation sites is 5. The molecule has 0 fully saturated rings. The normalized spacial score (nSPS) is 22.7. The molecule has 5 heterocycles. The first-order chi connectivity index (χ1) is 29.3. The van der Waals surface area contributed by atoms with E-state index in [-0.39, 0.29) is 23.9 Å². The highest BCUT2D eigenvalue weighted by Crippen LogP contribution is 2.66. The van der Waals surface area contributed by atoms with Crippen LogP contribution < -0.4 is 15.7 Å². The van der Waals surface area contributed by atoms with Crippen molar-refractivity contribution >= 4 is 66.8 Å². The van der Waals surface area contributed by atoms with Crippen molar-refractivity contribution < 1.29 is 4.74 Å². The first-order valence-electron chi connectivity index (χ1n) is 21.1. The van der Waals surface area contributed by atoms with Gasteiger partial charge in [0.25, 0.3) is 0 Å². The van der Waals surface area contributed by atoms with Gasteiger partial charge in [-0.05, 0) is 65.8 Å². The van der Waals surface area contributed by atoms with Crippen LogP contribution in [0.4, 0.5) is 0 Å². The maximum absolute atomic E-state index is 6.94. The molecule has 4 atom stereocenters. The third-order valence-electron chi connectivity index (χ3n) is 14.4. The molecule has 2 aliphatic carbocycles. The second kappa shape index (κ2) is 11.8. The largest absolute Gasteiger partial charge is 0.462 e. The summed E-state index contributed by atoms with van der Waals surface area (Å²) in [6, 6.07) is 52.0.